The topological polar surface area (TPSA) is 157 Å². The van der Waals surface area contributed by atoms with Gasteiger partial charge in [-0.1, -0.05) is 46.3 Å². The van der Waals surface area contributed by atoms with Crippen LogP contribution in [-0.2, 0) is 33.2 Å². The van der Waals surface area contributed by atoms with Crippen molar-refractivity contribution in [1.29, 1.82) is 0 Å². The lowest BCUT2D eigenvalue weighted by molar-refractivity contribution is -0.345. The van der Waals surface area contributed by atoms with E-state index < -0.39 is 42.3 Å². The quantitative estimate of drug-likeness (QED) is 0.198. The van der Waals surface area contributed by atoms with Crippen LogP contribution < -0.4 is 0 Å². The number of allylic oxidation sites excluding steroid dienone is 2. The van der Waals surface area contributed by atoms with Crippen LogP contribution in [0.4, 0.5) is 0 Å². The maximum Gasteiger partial charge on any atom is 0.302 e. The van der Waals surface area contributed by atoms with E-state index in [4.69, 9.17) is 28.4 Å². The van der Waals surface area contributed by atoms with Crippen LogP contribution in [-0.4, -0.2) is 99.7 Å². The lowest BCUT2D eigenvalue weighted by atomic mass is 9.44. The zero-order valence-electron chi connectivity index (χ0n) is 29.3. The molecule has 4 heterocycles. The number of rotatable bonds is 3. The first-order valence-corrected chi connectivity index (χ1v) is 18.3. The molecule has 11 heteroatoms. The summed E-state index contributed by atoms with van der Waals surface area (Å²) < 4.78 is 37.8. The van der Waals surface area contributed by atoms with Crippen LogP contribution in [0, 0.1) is 44.8 Å². The van der Waals surface area contributed by atoms with E-state index in [1.54, 1.807) is 0 Å². The molecule has 0 aromatic carbocycles. The van der Waals surface area contributed by atoms with Gasteiger partial charge < -0.3 is 48.8 Å². The van der Waals surface area contributed by atoms with Crippen molar-refractivity contribution in [2.45, 2.75) is 160 Å². The number of hydrogen-bond donors (Lipinski definition) is 4. The van der Waals surface area contributed by atoms with Crippen molar-refractivity contribution in [2.75, 3.05) is 6.61 Å². The van der Waals surface area contributed by atoms with Crippen LogP contribution in [0.25, 0.3) is 0 Å². The van der Waals surface area contributed by atoms with E-state index in [1.807, 2.05) is 6.92 Å². The molecule has 0 aromatic heterocycles. The second kappa shape index (κ2) is 9.63. The van der Waals surface area contributed by atoms with Crippen LogP contribution in [0.5, 0.6) is 0 Å². The molecule has 4 saturated heterocycles. The summed E-state index contributed by atoms with van der Waals surface area (Å²) in [5.41, 5.74) is -0.191. The summed E-state index contributed by atoms with van der Waals surface area (Å²) in [6, 6.07) is 0. The molecule has 9 rings (SSSR count). The highest BCUT2D eigenvalue weighted by atomic mass is 16.8. The second-order valence-corrected chi connectivity index (χ2v) is 18.5. The zero-order valence-corrected chi connectivity index (χ0v) is 29.3. The first-order chi connectivity index (χ1) is 22.4. The van der Waals surface area contributed by atoms with Gasteiger partial charge in [0.25, 0.3) is 0 Å². The minimum absolute atomic E-state index is 0.0364. The zero-order chi connectivity index (χ0) is 34.2. The van der Waals surface area contributed by atoms with Gasteiger partial charge in [0.15, 0.2) is 12.6 Å². The van der Waals surface area contributed by atoms with Crippen LogP contribution in [0.15, 0.2) is 11.6 Å². The summed E-state index contributed by atoms with van der Waals surface area (Å²) in [6.45, 7) is 14.9. The summed E-state index contributed by atoms with van der Waals surface area (Å²) in [7, 11) is 0. The third-order valence-corrected chi connectivity index (χ3v) is 16.1. The van der Waals surface area contributed by atoms with Gasteiger partial charge in [0.05, 0.1) is 18.8 Å². The average molecular weight is 675 g/mol. The summed E-state index contributed by atoms with van der Waals surface area (Å²) >= 11 is 0. The van der Waals surface area contributed by atoms with Gasteiger partial charge in [-0.15, -0.1) is 0 Å². The molecule has 0 amide bonds. The molecule has 4 N–H and O–H groups in total. The highest BCUT2D eigenvalue weighted by molar-refractivity contribution is 5.66. The maximum atomic E-state index is 12.9. The van der Waals surface area contributed by atoms with Gasteiger partial charge in [-0.2, -0.15) is 0 Å². The van der Waals surface area contributed by atoms with Crippen molar-refractivity contribution in [1.82, 2.24) is 0 Å². The van der Waals surface area contributed by atoms with E-state index in [2.05, 4.69) is 40.7 Å². The second-order valence-electron chi connectivity index (χ2n) is 18.5. The molecule has 4 aliphatic heterocycles. The van der Waals surface area contributed by atoms with Crippen molar-refractivity contribution in [3.05, 3.63) is 11.6 Å². The Labute approximate surface area is 282 Å². The van der Waals surface area contributed by atoms with E-state index >= 15 is 0 Å². The highest BCUT2D eigenvalue weighted by Crippen LogP contribution is 2.88. The largest absolute Gasteiger partial charge is 0.462 e. The Balaban J connectivity index is 1.06. The number of fused-ring (bicyclic) bond motifs is 6. The first-order valence-electron chi connectivity index (χ1n) is 18.3. The summed E-state index contributed by atoms with van der Waals surface area (Å²) in [5, 5.41) is 41.7. The molecule has 8 fully saturated rings. The monoisotopic (exact) mass is 674 g/mol. The first kappa shape index (κ1) is 32.7. The third-order valence-electron chi connectivity index (χ3n) is 16.1. The molecule has 268 valence electrons. The van der Waals surface area contributed by atoms with Gasteiger partial charge in [0, 0.05) is 29.6 Å². The van der Waals surface area contributed by atoms with E-state index in [1.165, 1.54) is 12.5 Å². The molecule has 11 nitrogen and oxygen atoms in total. The number of esters is 1. The Morgan fingerprint density at radius 1 is 0.958 bits per heavy atom. The smallest absolute Gasteiger partial charge is 0.302 e. The molecule has 5 aliphatic carbocycles. The molecule has 0 radical (unpaired) electrons. The van der Waals surface area contributed by atoms with Gasteiger partial charge in [-0.05, 0) is 74.0 Å². The van der Waals surface area contributed by atoms with Gasteiger partial charge in [0.1, 0.15) is 36.1 Å². The molecule has 3 spiro atoms. The van der Waals surface area contributed by atoms with Crippen LogP contribution in [0.2, 0.25) is 0 Å². The lowest BCUT2D eigenvalue weighted by Crippen LogP contribution is -2.61. The number of aliphatic hydroxyl groups excluding tert-OH is 4. The van der Waals surface area contributed by atoms with Gasteiger partial charge >= 0.3 is 5.97 Å². The molecule has 0 bridgehead atoms. The van der Waals surface area contributed by atoms with Gasteiger partial charge in [-0.25, -0.2) is 0 Å². The molecule has 18 atom stereocenters. The van der Waals surface area contributed by atoms with Crippen LogP contribution >= 0.6 is 0 Å². The molecule has 9 aliphatic rings. The molecule has 2 unspecified atom stereocenters. The van der Waals surface area contributed by atoms with E-state index in [9.17, 15) is 25.2 Å². The van der Waals surface area contributed by atoms with Crippen molar-refractivity contribution in [3.63, 3.8) is 0 Å². The number of hydrogen-bond acceptors (Lipinski definition) is 11. The minimum atomic E-state index is -1.32. The molecule has 4 saturated carbocycles. The van der Waals surface area contributed by atoms with Gasteiger partial charge in [0.2, 0.25) is 5.79 Å². The predicted octanol–water partition coefficient (Wildman–Crippen LogP) is 2.95. The Hall–Kier alpha value is -1.15. The van der Waals surface area contributed by atoms with Crippen molar-refractivity contribution in [3.8, 4) is 0 Å². The van der Waals surface area contributed by atoms with Crippen molar-refractivity contribution < 1.29 is 53.6 Å². The minimum Gasteiger partial charge on any atom is -0.462 e. The molecular weight excluding hydrogens is 620 g/mol. The number of carbonyl (C=O) groups excluding carboxylic acids is 1. The van der Waals surface area contributed by atoms with E-state index in [0.29, 0.717) is 12.3 Å². The Morgan fingerprint density at radius 3 is 2.38 bits per heavy atom. The third kappa shape index (κ3) is 3.69. The van der Waals surface area contributed by atoms with E-state index in [-0.39, 0.29) is 75.9 Å². The molecular formula is C37H54O11. The number of aliphatic hydroxyl groups is 4. The summed E-state index contributed by atoms with van der Waals surface area (Å²) in [5.74, 6) is -0.600. The normalized spacial score (nSPS) is 61.6. The number of epoxide rings is 1. The van der Waals surface area contributed by atoms with Crippen LogP contribution in [0.1, 0.15) is 93.4 Å². The van der Waals surface area contributed by atoms with Crippen molar-refractivity contribution >= 4 is 5.97 Å². The summed E-state index contributed by atoms with van der Waals surface area (Å²) in [4.78, 5) is 12.9. The Bertz CT molecular complexity index is 1450. The van der Waals surface area contributed by atoms with Crippen LogP contribution in [0.3, 0.4) is 0 Å². The molecule has 0 aromatic rings. The summed E-state index contributed by atoms with van der Waals surface area (Å²) in [6.07, 6.45) is 1.68. The average Bonchev–Trinajstić information content (AvgIpc) is 3.84. The Morgan fingerprint density at radius 2 is 1.71 bits per heavy atom. The number of ether oxygens (including phenoxy) is 6. The fraction of sp³-hybridized carbons (Fsp3) is 0.919. The SMILES string of the molecule is CC(=O)O[C@H]1CC23C[C@@]24CC[C@@H](O[C@@H]2OC[C@@H](O)[C@H](O)[C@H]2O)C(C)(C)[C@@H]4CC=C3[C@]2(C)C[C@@H]3O[C@]4(C[C@@H](C)[C@@H]3[C@@]12C)OC(O)[C@@]1(C)O[C@@H]41. The maximum absolute atomic E-state index is 12.9. The standard InChI is InChI=1S/C37H54O11/c1-17-12-37(29-34(7,47-29)30(42)48-37)46-20-13-32(5)22-9-8-21-31(3,4)23(45-28-27(41)26(40)19(39)15-43-28)10-11-35(21)16-36(22,35)14-24(44-18(2)38)33(32,6)25(17)20/h9,17,19-21,23-30,39-42H,8,10-16H2,1-7H3/t17-,19-,20+,21+,23-,24+,25+,26+,27-,28+,29-,30?,32+,33-,34+,35-,36?,37-/m1/s1. The fourth-order valence-corrected chi connectivity index (χ4v) is 13.8. The highest BCUT2D eigenvalue weighted by Gasteiger charge is 2.85. The number of carbonyl (C=O) groups is 1. The van der Waals surface area contributed by atoms with E-state index in [0.717, 1.165) is 38.5 Å². The molecule has 48 heavy (non-hydrogen) atoms. The fourth-order valence-electron chi connectivity index (χ4n) is 13.8. The predicted molar refractivity (Wildman–Crippen MR) is 168 cm³/mol. The van der Waals surface area contributed by atoms with Gasteiger partial charge in [-0.3, -0.25) is 4.79 Å². The van der Waals surface area contributed by atoms with Crippen molar-refractivity contribution in [2.24, 2.45) is 44.8 Å². The Kier molecular flexibility index (Phi) is 6.57. The lowest BCUT2D eigenvalue weighted by Gasteiger charge is -2.62.